The Balaban J connectivity index is 1.21. The number of carbonyl (C=O) groups is 3. The maximum absolute atomic E-state index is 15.2. The van der Waals surface area contributed by atoms with Crippen molar-refractivity contribution in [2.45, 2.75) is 82.4 Å². The van der Waals surface area contributed by atoms with Gasteiger partial charge in [-0.2, -0.15) is 0 Å². The number of likely N-dealkylation sites (N-methyl/N-ethyl adjacent to an activating group) is 1. The number of nitrogens with one attached hydrogen (secondary N) is 1. The molecular weight excluding hydrogens is 652 g/mol. The lowest BCUT2D eigenvalue weighted by atomic mass is 9.64. The molecule has 7 rings (SSSR count). The highest BCUT2D eigenvalue weighted by Gasteiger charge is 2.54. The van der Waals surface area contributed by atoms with Gasteiger partial charge in [-0.25, -0.2) is 4.98 Å². The third kappa shape index (κ3) is 7.26. The summed E-state index contributed by atoms with van der Waals surface area (Å²) in [6.07, 6.45) is 7.11. The van der Waals surface area contributed by atoms with Gasteiger partial charge >= 0.3 is 0 Å². The Morgan fingerprint density at radius 3 is 2.32 bits per heavy atom. The highest BCUT2D eigenvalue weighted by Crippen LogP contribution is 2.48. The number of amides is 3. The van der Waals surface area contributed by atoms with Crippen molar-refractivity contribution in [2.75, 3.05) is 64.4 Å². The molecule has 0 spiro atoms. The molecule has 5 fully saturated rings. The van der Waals surface area contributed by atoms with Crippen LogP contribution in [0.15, 0.2) is 48.7 Å². The van der Waals surface area contributed by atoms with Crippen LogP contribution < -0.4 is 10.2 Å². The number of piperazine rings is 1. The second-order valence-corrected chi connectivity index (χ2v) is 16.7. The molecule has 2 aromatic rings. The van der Waals surface area contributed by atoms with Gasteiger partial charge in [-0.1, -0.05) is 43.6 Å². The molecule has 4 aliphatic heterocycles. The molecule has 0 bridgehead atoms. The molecule has 270 valence electrons. The van der Waals surface area contributed by atoms with Gasteiger partial charge in [0, 0.05) is 81.0 Å². The fraction of sp³-hybridized carbons (Fsp3) is 0.641. The summed E-state index contributed by atoms with van der Waals surface area (Å²) in [5, 5.41) is 4.19. The number of rotatable bonds is 7. The number of hydrogen-bond donors (Lipinski definition) is 1. The Morgan fingerprint density at radius 2 is 1.66 bits per heavy atom. The van der Waals surface area contributed by atoms with Crippen molar-refractivity contribution in [3.63, 3.8) is 0 Å². The van der Waals surface area contributed by atoms with Gasteiger partial charge in [0.05, 0.1) is 5.92 Å². The Labute approximate surface area is 301 Å². The maximum atomic E-state index is 15.2. The van der Waals surface area contributed by atoms with Crippen LogP contribution in [-0.2, 0) is 19.1 Å². The summed E-state index contributed by atoms with van der Waals surface area (Å²) in [5.74, 6) is 0.330. The number of carbonyl (C=O) groups excluding carboxylic acids is 3. The fourth-order valence-corrected chi connectivity index (χ4v) is 9.24. The van der Waals surface area contributed by atoms with E-state index in [9.17, 15) is 9.59 Å². The molecule has 5 atom stereocenters. The third-order valence-corrected chi connectivity index (χ3v) is 12.7. The molecular formula is C39H53ClN6O4. The van der Waals surface area contributed by atoms with Crippen molar-refractivity contribution in [2.24, 2.45) is 17.3 Å². The second-order valence-electron chi connectivity index (χ2n) is 16.2. The van der Waals surface area contributed by atoms with E-state index in [1.165, 1.54) is 0 Å². The van der Waals surface area contributed by atoms with Crippen LogP contribution in [0.1, 0.15) is 70.3 Å². The zero-order chi connectivity index (χ0) is 35.0. The molecule has 1 aromatic carbocycles. The van der Waals surface area contributed by atoms with Crippen molar-refractivity contribution in [3.05, 3.63) is 59.2 Å². The molecule has 1 aliphatic carbocycles. The summed E-state index contributed by atoms with van der Waals surface area (Å²) in [6.45, 7) is 9.73. The molecule has 0 unspecified atom stereocenters. The number of hydrogen-bond acceptors (Lipinski definition) is 7. The molecule has 5 aliphatic rings. The summed E-state index contributed by atoms with van der Waals surface area (Å²) in [6, 6.07) is 13.1. The number of likely N-dealkylation sites (tertiary alicyclic amines) is 1. The van der Waals surface area contributed by atoms with Gasteiger partial charge in [0.15, 0.2) is 0 Å². The van der Waals surface area contributed by atoms with Crippen LogP contribution in [0.25, 0.3) is 0 Å². The second kappa shape index (κ2) is 14.4. The minimum Gasteiger partial charge on any atom is -0.368 e. The molecule has 0 radical (unpaired) electrons. The Morgan fingerprint density at radius 1 is 0.920 bits per heavy atom. The summed E-state index contributed by atoms with van der Waals surface area (Å²) in [7, 11) is 2.08. The van der Waals surface area contributed by atoms with Gasteiger partial charge in [0.1, 0.15) is 18.0 Å². The monoisotopic (exact) mass is 704 g/mol. The average molecular weight is 705 g/mol. The molecule has 1 aromatic heterocycles. The van der Waals surface area contributed by atoms with Crippen LogP contribution in [0.4, 0.5) is 5.82 Å². The van der Waals surface area contributed by atoms with Gasteiger partial charge in [-0.05, 0) is 87.2 Å². The number of anilines is 1. The van der Waals surface area contributed by atoms with E-state index in [0.29, 0.717) is 50.8 Å². The van der Waals surface area contributed by atoms with Crippen LogP contribution in [-0.4, -0.2) is 115 Å². The molecule has 5 heterocycles. The normalized spacial score (nSPS) is 29.7. The van der Waals surface area contributed by atoms with Gasteiger partial charge in [-0.15, -0.1) is 0 Å². The Bertz CT molecular complexity index is 1510. The number of pyridine rings is 1. The highest BCUT2D eigenvalue weighted by atomic mass is 35.5. The SMILES string of the molecule is CN1CCN(C(=O)[C@@H]2C[C@H](C3(NC(=O)[C@@H]4CCCO4)CCC(C)(C)CC3)CN2C(=O)[C@@H]2CN(c3ccccn3)C[C@H]2c2ccc(Cl)cc2)CC1. The first-order valence-electron chi connectivity index (χ1n) is 18.6. The first kappa shape index (κ1) is 35.2. The summed E-state index contributed by atoms with van der Waals surface area (Å²) in [5.41, 5.74) is 0.726. The predicted octanol–water partition coefficient (Wildman–Crippen LogP) is 4.58. The van der Waals surface area contributed by atoms with E-state index in [1.54, 1.807) is 6.20 Å². The van der Waals surface area contributed by atoms with Crippen LogP contribution in [0.5, 0.6) is 0 Å². The number of aromatic nitrogens is 1. The van der Waals surface area contributed by atoms with E-state index in [-0.39, 0.29) is 40.9 Å². The van der Waals surface area contributed by atoms with Crippen molar-refractivity contribution in [1.82, 2.24) is 25.0 Å². The smallest absolute Gasteiger partial charge is 0.249 e. The number of benzene rings is 1. The lowest BCUT2D eigenvalue weighted by molar-refractivity contribution is -0.146. The first-order valence-corrected chi connectivity index (χ1v) is 19.0. The van der Waals surface area contributed by atoms with E-state index in [0.717, 1.165) is 63.0 Å². The molecule has 1 saturated carbocycles. The molecule has 10 nitrogen and oxygen atoms in total. The van der Waals surface area contributed by atoms with Crippen molar-refractivity contribution in [1.29, 1.82) is 0 Å². The van der Waals surface area contributed by atoms with Crippen molar-refractivity contribution < 1.29 is 19.1 Å². The Kier molecular flexibility index (Phi) is 10.2. The highest BCUT2D eigenvalue weighted by molar-refractivity contribution is 6.30. The van der Waals surface area contributed by atoms with Gasteiger partial charge in [0.25, 0.3) is 0 Å². The topological polar surface area (TPSA) is 98.3 Å². The minimum absolute atomic E-state index is 0.00935. The van der Waals surface area contributed by atoms with Gasteiger partial charge in [0.2, 0.25) is 17.7 Å². The van der Waals surface area contributed by atoms with E-state index in [2.05, 4.69) is 41.0 Å². The van der Waals surface area contributed by atoms with E-state index in [4.69, 9.17) is 16.3 Å². The standard InChI is InChI=1S/C39H53ClN6O4/c1-38(2)13-15-39(16-14-38,42-35(47)33-7-6-22-50-33)28-23-32(37(49)44-20-18-43(3)19-21-44)46(24-28)36(48)31-26-45(34-8-4-5-17-41-34)25-30(31)27-9-11-29(40)12-10-27/h4-5,8-12,17,28,30-33H,6-7,13-16,18-26H2,1-3H3,(H,42,47)/t28-,30-,31+,32-,33-/m0/s1. The van der Waals surface area contributed by atoms with E-state index >= 15 is 4.79 Å². The summed E-state index contributed by atoms with van der Waals surface area (Å²) < 4.78 is 5.83. The lowest BCUT2D eigenvalue weighted by Crippen LogP contribution is -2.59. The largest absolute Gasteiger partial charge is 0.368 e. The number of ether oxygens (including phenoxy) is 1. The van der Waals surface area contributed by atoms with Crippen LogP contribution >= 0.6 is 11.6 Å². The van der Waals surface area contributed by atoms with Crippen LogP contribution in [0.3, 0.4) is 0 Å². The molecule has 4 saturated heterocycles. The molecule has 11 heteroatoms. The lowest BCUT2D eigenvalue weighted by Gasteiger charge is -2.48. The Hall–Kier alpha value is -3.21. The fourth-order valence-electron chi connectivity index (χ4n) is 9.11. The van der Waals surface area contributed by atoms with Gasteiger partial charge < -0.3 is 29.7 Å². The molecule has 3 amide bonds. The predicted molar refractivity (Wildman–Crippen MR) is 194 cm³/mol. The molecule has 1 N–H and O–H groups in total. The minimum atomic E-state index is -0.572. The summed E-state index contributed by atoms with van der Waals surface area (Å²) >= 11 is 6.30. The number of nitrogens with zero attached hydrogens (tertiary/aromatic N) is 5. The van der Waals surface area contributed by atoms with Crippen LogP contribution in [0.2, 0.25) is 5.02 Å². The van der Waals surface area contributed by atoms with Crippen LogP contribution in [0, 0.1) is 17.3 Å². The first-order chi connectivity index (χ1) is 24.0. The van der Waals surface area contributed by atoms with Crippen molar-refractivity contribution >= 4 is 35.1 Å². The maximum Gasteiger partial charge on any atom is 0.249 e. The molecule has 50 heavy (non-hydrogen) atoms. The quantitative estimate of drug-likeness (QED) is 0.451. The number of halogens is 1. The van der Waals surface area contributed by atoms with Gasteiger partial charge in [-0.3, -0.25) is 14.4 Å². The van der Waals surface area contributed by atoms with E-state index in [1.807, 2.05) is 52.3 Å². The average Bonchev–Trinajstić information content (AvgIpc) is 3.91. The zero-order valence-electron chi connectivity index (χ0n) is 29.9. The van der Waals surface area contributed by atoms with Crippen molar-refractivity contribution in [3.8, 4) is 0 Å². The zero-order valence-corrected chi connectivity index (χ0v) is 30.6. The van der Waals surface area contributed by atoms with E-state index < -0.39 is 17.7 Å². The third-order valence-electron chi connectivity index (χ3n) is 12.5. The summed E-state index contributed by atoms with van der Waals surface area (Å²) in [4.78, 5) is 56.4.